The lowest BCUT2D eigenvalue weighted by Gasteiger charge is -2.25. The number of carbonyl (C=O) groups excluding carboxylic acids is 1. The van der Waals surface area contributed by atoms with Gasteiger partial charge in [0.05, 0.1) is 42.2 Å². The quantitative estimate of drug-likeness (QED) is 0.393. The van der Waals surface area contributed by atoms with Gasteiger partial charge in [0.2, 0.25) is 0 Å². The van der Waals surface area contributed by atoms with Crippen molar-refractivity contribution in [1.82, 2.24) is 4.57 Å². The van der Waals surface area contributed by atoms with Gasteiger partial charge in [-0.2, -0.15) is 0 Å². The Balaban J connectivity index is 1.63. The van der Waals surface area contributed by atoms with Crippen LogP contribution in [0, 0.1) is 0 Å². The fraction of sp³-hybridized carbons (Fsp3) is 0.414. The van der Waals surface area contributed by atoms with E-state index in [1.807, 2.05) is 25.1 Å². The van der Waals surface area contributed by atoms with Crippen LogP contribution in [0.3, 0.4) is 0 Å². The normalized spacial score (nSPS) is 17.6. The molecule has 4 heterocycles. The number of methoxy groups -OCH3 is 1. The summed E-state index contributed by atoms with van der Waals surface area (Å²) < 4.78 is 24.8. The van der Waals surface area contributed by atoms with Gasteiger partial charge in [-0.15, -0.1) is 0 Å². The van der Waals surface area contributed by atoms with E-state index in [9.17, 15) is 9.59 Å². The first-order chi connectivity index (χ1) is 18.9. The second-order valence-electron chi connectivity index (χ2n) is 9.37. The van der Waals surface area contributed by atoms with E-state index >= 15 is 0 Å². The highest BCUT2D eigenvalue weighted by molar-refractivity contribution is 7.07. The number of piperidine rings is 1. The molecular weight excluding hydrogens is 518 g/mol. The van der Waals surface area contributed by atoms with Gasteiger partial charge in [0.15, 0.2) is 22.2 Å². The second-order valence-corrected chi connectivity index (χ2v) is 10.4. The summed E-state index contributed by atoms with van der Waals surface area (Å²) >= 11 is 1.27. The molecule has 0 saturated carbocycles. The molecule has 0 aliphatic carbocycles. The Morgan fingerprint density at radius 1 is 1.13 bits per heavy atom. The fourth-order valence-corrected chi connectivity index (χ4v) is 6.10. The summed E-state index contributed by atoms with van der Waals surface area (Å²) in [5.74, 6) is 1.99. The molecule has 1 aromatic carbocycles. The topological polar surface area (TPSA) is 95.5 Å². The summed E-state index contributed by atoms with van der Waals surface area (Å²) in [6, 6.07) is 8.50. The first-order valence-corrected chi connectivity index (χ1v) is 14.1. The van der Waals surface area contributed by atoms with Gasteiger partial charge in [-0.05, 0) is 63.8 Å². The molecule has 0 amide bonds. The molecule has 0 bridgehead atoms. The third kappa shape index (κ3) is 5.25. The van der Waals surface area contributed by atoms with Crippen LogP contribution in [0.15, 0.2) is 55.8 Å². The largest absolute Gasteiger partial charge is 0.493 e. The van der Waals surface area contributed by atoms with Crippen molar-refractivity contribution < 1.29 is 23.4 Å². The number of carbonyl (C=O) groups is 1. The number of ether oxygens (including phenoxy) is 3. The molecule has 0 N–H and O–H groups in total. The maximum atomic E-state index is 13.9. The van der Waals surface area contributed by atoms with Crippen LogP contribution in [0.5, 0.6) is 11.5 Å². The number of thiazole rings is 1. The van der Waals surface area contributed by atoms with Gasteiger partial charge in [0.1, 0.15) is 5.76 Å². The molecule has 1 unspecified atom stereocenters. The van der Waals surface area contributed by atoms with E-state index in [0.29, 0.717) is 50.0 Å². The summed E-state index contributed by atoms with van der Waals surface area (Å²) in [5, 5.41) is 0. The van der Waals surface area contributed by atoms with Gasteiger partial charge >= 0.3 is 5.97 Å². The van der Waals surface area contributed by atoms with Crippen molar-refractivity contribution in [3.63, 3.8) is 0 Å². The highest BCUT2D eigenvalue weighted by atomic mass is 32.1. The third-order valence-corrected chi connectivity index (χ3v) is 7.86. The minimum Gasteiger partial charge on any atom is -0.493 e. The zero-order valence-electron chi connectivity index (χ0n) is 22.7. The molecule has 1 atom stereocenters. The summed E-state index contributed by atoms with van der Waals surface area (Å²) in [6.45, 7) is 7.98. The summed E-state index contributed by atoms with van der Waals surface area (Å²) in [4.78, 5) is 34.4. The van der Waals surface area contributed by atoms with Gasteiger partial charge in [-0.1, -0.05) is 17.4 Å². The second kappa shape index (κ2) is 11.5. The van der Waals surface area contributed by atoms with Crippen molar-refractivity contribution in [2.24, 2.45) is 4.99 Å². The lowest BCUT2D eigenvalue weighted by Crippen LogP contribution is -2.40. The number of hydrogen-bond donors (Lipinski definition) is 0. The van der Waals surface area contributed by atoms with Crippen molar-refractivity contribution >= 4 is 29.3 Å². The van der Waals surface area contributed by atoms with Crippen LogP contribution < -0.4 is 29.3 Å². The highest BCUT2D eigenvalue weighted by Crippen LogP contribution is 2.36. The molecule has 0 radical (unpaired) electrons. The Morgan fingerprint density at radius 3 is 2.64 bits per heavy atom. The Morgan fingerprint density at radius 2 is 1.92 bits per heavy atom. The van der Waals surface area contributed by atoms with Crippen LogP contribution in [0.25, 0.3) is 6.08 Å². The predicted molar refractivity (Wildman–Crippen MR) is 149 cm³/mol. The minimum atomic E-state index is -0.743. The number of anilines is 1. The smallest absolute Gasteiger partial charge is 0.338 e. The molecule has 206 valence electrons. The average Bonchev–Trinajstić information content (AvgIpc) is 3.53. The predicted octanol–water partition coefficient (Wildman–Crippen LogP) is 3.79. The number of fused-ring (bicyclic) bond motifs is 1. The zero-order valence-corrected chi connectivity index (χ0v) is 23.5. The van der Waals surface area contributed by atoms with E-state index in [4.69, 9.17) is 18.6 Å². The number of furan rings is 1. The monoisotopic (exact) mass is 551 g/mol. The molecule has 2 aromatic heterocycles. The summed E-state index contributed by atoms with van der Waals surface area (Å²) in [7, 11) is 1.57. The van der Waals surface area contributed by atoms with Gasteiger partial charge in [-0.3, -0.25) is 9.36 Å². The molecule has 2 aliphatic heterocycles. The van der Waals surface area contributed by atoms with Crippen LogP contribution in [0.2, 0.25) is 0 Å². The Hall–Kier alpha value is -3.79. The molecule has 3 aromatic rings. The molecule has 5 rings (SSSR count). The molecule has 0 spiro atoms. The van der Waals surface area contributed by atoms with Crippen LogP contribution in [-0.2, 0) is 9.53 Å². The van der Waals surface area contributed by atoms with Gasteiger partial charge in [0.25, 0.3) is 5.56 Å². The number of aromatic nitrogens is 1. The van der Waals surface area contributed by atoms with Crippen molar-refractivity contribution in [3.05, 3.63) is 72.6 Å². The Kier molecular flexibility index (Phi) is 7.92. The molecule has 10 heteroatoms. The number of rotatable bonds is 8. The van der Waals surface area contributed by atoms with E-state index in [1.165, 1.54) is 17.8 Å². The van der Waals surface area contributed by atoms with E-state index in [2.05, 4.69) is 9.89 Å². The van der Waals surface area contributed by atoms with Gasteiger partial charge in [-0.25, -0.2) is 9.79 Å². The maximum Gasteiger partial charge on any atom is 0.338 e. The van der Waals surface area contributed by atoms with E-state index < -0.39 is 12.0 Å². The van der Waals surface area contributed by atoms with Crippen molar-refractivity contribution in [2.75, 3.05) is 38.3 Å². The molecule has 9 nitrogen and oxygen atoms in total. The van der Waals surface area contributed by atoms with E-state index in [1.54, 1.807) is 43.7 Å². The molecule has 1 saturated heterocycles. The summed E-state index contributed by atoms with van der Waals surface area (Å²) in [6.07, 6.45) is 5.28. The number of benzene rings is 1. The number of allylic oxidation sites excluding steroid dienone is 1. The fourth-order valence-electron chi connectivity index (χ4n) is 5.07. The average molecular weight is 552 g/mol. The lowest BCUT2D eigenvalue weighted by molar-refractivity contribution is -0.139. The Labute approximate surface area is 230 Å². The SMILES string of the molecule is CCOC(=O)C1=C(C)N=c2s/c(=C\c3ccc(N4CCCCC4)o3)c(=O)n2C1c1ccc(OC)c(OCC)c1. The first-order valence-electron chi connectivity index (χ1n) is 13.3. The molecule has 39 heavy (non-hydrogen) atoms. The van der Waals surface area contributed by atoms with Gasteiger partial charge < -0.3 is 23.5 Å². The van der Waals surface area contributed by atoms with Crippen molar-refractivity contribution in [3.8, 4) is 11.5 Å². The van der Waals surface area contributed by atoms with Crippen LogP contribution in [0.4, 0.5) is 5.88 Å². The maximum absolute atomic E-state index is 13.9. The third-order valence-electron chi connectivity index (χ3n) is 6.87. The lowest BCUT2D eigenvalue weighted by atomic mass is 9.95. The minimum absolute atomic E-state index is 0.206. The van der Waals surface area contributed by atoms with Crippen molar-refractivity contribution in [1.29, 1.82) is 0 Å². The standard InChI is InChI=1S/C29H33N3O6S/c1-5-36-22-16-19(10-12-21(22)35-4)26-25(28(34)37-6-2)18(3)30-29-32(26)27(33)23(39-29)17-20-11-13-24(38-20)31-14-8-7-9-15-31/h10-13,16-17,26H,5-9,14-15H2,1-4H3/b23-17-. The zero-order chi connectivity index (χ0) is 27.5. The molecule has 2 aliphatic rings. The number of hydrogen-bond acceptors (Lipinski definition) is 9. The van der Waals surface area contributed by atoms with Crippen LogP contribution in [0.1, 0.15) is 57.4 Å². The molecule has 1 fully saturated rings. The number of esters is 1. The van der Waals surface area contributed by atoms with Gasteiger partial charge in [0, 0.05) is 25.2 Å². The first kappa shape index (κ1) is 26.8. The van der Waals surface area contributed by atoms with E-state index in [-0.39, 0.29) is 12.2 Å². The van der Waals surface area contributed by atoms with E-state index in [0.717, 1.165) is 31.8 Å². The summed E-state index contributed by atoms with van der Waals surface area (Å²) in [5.41, 5.74) is 1.25. The Bertz CT molecular complexity index is 1570. The molecular formula is C29H33N3O6S. The number of nitrogens with zero attached hydrogens (tertiary/aromatic N) is 3. The van der Waals surface area contributed by atoms with Crippen LogP contribution >= 0.6 is 11.3 Å². The highest BCUT2D eigenvalue weighted by Gasteiger charge is 2.34. The van der Waals surface area contributed by atoms with Crippen LogP contribution in [-0.4, -0.2) is 43.9 Å². The van der Waals surface area contributed by atoms with Crippen molar-refractivity contribution in [2.45, 2.75) is 46.1 Å².